The van der Waals surface area contributed by atoms with Gasteiger partial charge in [-0.2, -0.15) is 0 Å². The number of ether oxygens (including phenoxy) is 1. The Labute approximate surface area is 169 Å². The molecule has 2 atom stereocenters. The fraction of sp³-hybridized carbons (Fsp3) is 0.381. The predicted molar refractivity (Wildman–Crippen MR) is 109 cm³/mol. The van der Waals surface area contributed by atoms with Crippen LogP contribution in [0.25, 0.3) is 0 Å². The zero-order valence-electron chi connectivity index (χ0n) is 15.9. The molecule has 1 aliphatic heterocycles. The molecule has 3 rings (SSSR count). The highest BCUT2D eigenvalue weighted by Crippen LogP contribution is 2.32. The first-order valence-electron chi connectivity index (χ1n) is 9.25. The fourth-order valence-electron chi connectivity index (χ4n) is 3.42. The van der Waals surface area contributed by atoms with Gasteiger partial charge in [-0.1, -0.05) is 18.5 Å². The number of amides is 1. The van der Waals surface area contributed by atoms with Crippen molar-refractivity contribution in [2.75, 3.05) is 30.4 Å². The lowest BCUT2D eigenvalue weighted by atomic mass is 10.1. The smallest absolute Gasteiger partial charge is 0.255 e. The number of hydrogen-bond acceptors (Lipinski definition) is 4. The zero-order chi connectivity index (χ0) is 20.3. The van der Waals surface area contributed by atoms with Gasteiger partial charge in [-0.15, -0.1) is 0 Å². The van der Waals surface area contributed by atoms with Gasteiger partial charge >= 0.3 is 0 Å². The number of nitrogens with one attached hydrogen (secondary N) is 1. The molecule has 5 nitrogen and oxygen atoms in total. The number of methoxy groups -OCH3 is 1. The van der Waals surface area contributed by atoms with E-state index in [4.69, 9.17) is 16.3 Å². The number of carbonyl (C=O) groups excluding carboxylic acids is 1. The van der Waals surface area contributed by atoms with E-state index in [0.717, 1.165) is 25.1 Å². The van der Waals surface area contributed by atoms with Crippen LogP contribution in [0.4, 0.5) is 15.8 Å². The van der Waals surface area contributed by atoms with E-state index in [9.17, 15) is 14.3 Å². The first-order chi connectivity index (χ1) is 13.4. The predicted octanol–water partition coefficient (Wildman–Crippen LogP) is 4.34. The second-order valence-electron chi connectivity index (χ2n) is 7.21. The standard InChI is InChI=1S/C21H24ClFN2O3/c1-13-3-6-16(26)12-25(11-13)19-9-14(4-8-20(19)28-2)21(27)24-15-5-7-18(23)17(22)10-15/h4-5,7-10,13,16,26H,3,6,11-12H2,1-2H3,(H,24,27). The summed E-state index contributed by atoms with van der Waals surface area (Å²) in [5.41, 5.74) is 1.61. The maximum atomic E-state index is 13.3. The molecule has 0 aromatic heterocycles. The zero-order valence-corrected chi connectivity index (χ0v) is 16.7. The highest BCUT2D eigenvalue weighted by molar-refractivity contribution is 6.31. The van der Waals surface area contributed by atoms with Crippen molar-refractivity contribution in [1.82, 2.24) is 0 Å². The minimum absolute atomic E-state index is 0.0549. The highest BCUT2D eigenvalue weighted by Gasteiger charge is 2.23. The molecule has 0 saturated carbocycles. The molecule has 2 unspecified atom stereocenters. The minimum Gasteiger partial charge on any atom is -0.495 e. The van der Waals surface area contributed by atoms with Gasteiger partial charge in [-0.05, 0) is 55.2 Å². The highest BCUT2D eigenvalue weighted by atomic mass is 35.5. The molecule has 2 N–H and O–H groups in total. The maximum absolute atomic E-state index is 13.3. The maximum Gasteiger partial charge on any atom is 0.255 e. The molecule has 0 spiro atoms. The summed E-state index contributed by atoms with van der Waals surface area (Å²) in [6.45, 7) is 3.40. The minimum atomic E-state index is -0.541. The number of hydrogen-bond donors (Lipinski definition) is 2. The third-order valence-corrected chi connectivity index (χ3v) is 5.20. The fourth-order valence-corrected chi connectivity index (χ4v) is 3.60. The third kappa shape index (κ3) is 4.75. The molecular weight excluding hydrogens is 383 g/mol. The van der Waals surface area contributed by atoms with Crippen LogP contribution in [0.1, 0.15) is 30.1 Å². The van der Waals surface area contributed by atoms with Crippen LogP contribution in [-0.2, 0) is 0 Å². The van der Waals surface area contributed by atoms with Gasteiger partial charge in [0, 0.05) is 24.3 Å². The van der Waals surface area contributed by atoms with Gasteiger partial charge in [0.05, 0.1) is 23.9 Å². The van der Waals surface area contributed by atoms with Crippen molar-refractivity contribution >= 4 is 28.9 Å². The van der Waals surface area contributed by atoms with Gasteiger partial charge in [-0.25, -0.2) is 4.39 Å². The van der Waals surface area contributed by atoms with Gasteiger partial charge < -0.3 is 20.1 Å². The number of anilines is 2. The summed E-state index contributed by atoms with van der Waals surface area (Å²) >= 11 is 5.78. The van der Waals surface area contributed by atoms with Crippen molar-refractivity contribution in [3.05, 3.63) is 52.8 Å². The van der Waals surface area contributed by atoms with Crippen LogP contribution < -0.4 is 15.0 Å². The number of aliphatic hydroxyl groups is 1. The first kappa shape index (κ1) is 20.4. The number of β-amino-alcohol motifs (C(OH)–C–C–N with tert-alkyl or cyclic N) is 1. The average Bonchev–Trinajstić information content (AvgIpc) is 2.85. The topological polar surface area (TPSA) is 61.8 Å². The van der Waals surface area contributed by atoms with E-state index in [0.29, 0.717) is 29.5 Å². The van der Waals surface area contributed by atoms with Crippen LogP contribution in [0.2, 0.25) is 5.02 Å². The molecule has 1 amide bonds. The van der Waals surface area contributed by atoms with Crippen molar-refractivity contribution in [2.45, 2.75) is 25.9 Å². The molecule has 150 valence electrons. The summed E-state index contributed by atoms with van der Waals surface area (Å²) in [6.07, 6.45) is 1.28. The summed E-state index contributed by atoms with van der Waals surface area (Å²) in [4.78, 5) is 14.7. The Hall–Kier alpha value is -2.31. The van der Waals surface area contributed by atoms with E-state index in [1.807, 2.05) is 0 Å². The van der Waals surface area contributed by atoms with E-state index >= 15 is 0 Å². The number of nitrogens with zero attached hydrogens (tertiary/aromatic N) is 1. The van der Waals surface area contributed by atoms with Crippen molar-refractivity contribution < 1.29 is 19.0 Å². The molecule has 1 aliphatic rings. The third-order valence-electron chi connectivity index (χ3n) is 4.92. The first-order valence-corrected chi connectivity index (χ1v) is 9.62. The van der Waals surface area contributed by atoms with Crippen molar-refractivity contribution in [3.63, 3.8) is 0 Å². The number of benzene rings is 2. The summed E-state index contributed by atoms with van der Waals surface area (Å²) < 4.78 is 18.8. The van der Waals surface area contributed by atoms with E-state index in [1.165, 1.54) is 18.2 Å². The molecule has 1 saturated heterocycles. The Morgan fingerprint density at radius 2 is 2.04 bits per heavy atom. The molecule has 7 heteroatoms. The average molecular weight is 407 g/mol. The molecule has 1 heterocycles. The van der Waals surface area contributed by atoms with Crippen LogP contribution in [0.3, 0.4) is 0 Å². The summed E-state index contributed by atoms with van der Waals surface area (Å²) in [7, 11) is 1.58. The van der Waals surface area contributed by atoms with Crippen LogP contribution in [0, 0.1) is 11.7 Å². The Morgan fingerprint density at radius 1 is 1.25 bits per heavy atom. The van der Waals surface area contributed by atoms with Crippen LogP contribution in [0.5, 0.6) is 5.75 Å². The SMILES string of the molecule is COc1ccc(C(=O)Nc2ccc(F)c(Cl)c2)cc1N1CC(C)CCC(O)C1. The number of rotatable bonds is 4. The second-order valence-corrected chi connectivity index (χ2v) is 7.62. The van der Waals surface area contributed by atoms with Crippen LogP contribution in [-0.4, -0.2) is 37.3 Å². The normalized spacial score (nSPS) is 19.8. The largest absolute Gasteiger partial charge is 0.495 e. The summed E-state index contributed by atoms with van der Waals surface area (Å²) in [6, 6.07) is 9.19. The van der Waals surface area contributed by atoms with Gasteiger partial charge in [-0.3, -0.25) is 4.79 Å². The number of carbonyl (C=O) groups is 1. The molecule has 0 aliphatic carbocycles. The second kappa shape index (κ2) is 8.80. The quantitative estimate of drug-likeness (QED) is 0.793. The molecule has 0 bridgehead atoms. The Balaban J connectivity index is 1.87. The Bertz CT molecular complexity index is 850. The Morgan fingerprint density at radius 3 is 2.75 bits per heavy atom. The lowest BCUT2D eigenvalue weighted by Gasteiger charge is -2.28. The van der Waals surface area contributed by atoms with Gasteiger partial charge in [0.1, 0.15) is 11.6 Å². The molecule has 2 aromatic carbocycles. The molecular formula is C21H24ClFN2O3. The van der Waals surface area contributed by atoms with Gasteiger partial charge in [0.25, 0.3) is 5.91 Å². The monoisotopic (exact) mass is 406 g/mol. The lowest BCUT2D eigenvalue weighted by Crippen LogP contribution is -2.32. The van der Waals surface area contributed by atoms with E-state index in [1.54, 1.807) is 25.3 Å². The number of aliphatic hydroxyl groups excluding tert-OH is 1. The van der Waals surface area contributed by atoms with Crippen molar-refractivity contribution in [2.24, 2.45) is 5.92 Å². The van der Waals surface area contributed by atoms with Crippen LogP contribution >= 0.6 is 11.6 Å². The van der Waals surface area contributed by atoms with Gasteiger partial charge in [0.15, 0.2) is 0 Å². The lowest BCUT2D eigenvalue weighted by molar-refractivity contribution is 0.102. The van der Waals surface area contributed by atoms with Gasteiger partial charge in [0.2, 0.25) is 0 Å². The van der Waals surface area contributed by atoms with E-state index in [2.05, 4.69) is 17.1 Å². The number of halogens is 2. The van der Waals surface area contributed by atoms with Crippen molar-refractivity contribution in [1.29, 1.82) is 0 Å². The molecule has 0 radical (unpaired) electrons. The summed E-state index contributed by atoms with van der Waals surface area (Å²) in [5, 5.41) is 12.9. The molecule has 1 fully saturated rings. The molecule has 28 heavy (non-hydrogen) atoms. The summed E-state index contributed by atoms with van der Waals surface area (Å²) in [5.74, 6) is 0.179. The Kier molecular flexibility index (Phi) is 6.42. The van der Waals surface area contributed by atoms with Crippen molar-refractivity contribution in [3.8, 4) is 5.75 Å². The van der Waals surface area contributed by atoms with E-state index in [-0.39, 0.29) is 10.9 Å². The van der Waals surface area contributed by atoms with E-state index < -0.39 is 11.9 Å². The molecule has 2 aromatic rings. The van der Waals surface area contributed by atoms with Crippen LogP contribution in [0.15, 0.2) is 36.4 Å².